The Morgan fingerprint density at radius 3 is 2.14 bits per heavy atom. The number of rotatable bonds is 9. The molecule has 0 radical (unpaired) electrons. The molecule has 0 fully saturated rings. The number of aliphatic hydroxyl groups is 1. The van der Waals surface area contributed by atoms with Crippen molar-refractivity contribution in [2.75, 3.05) is 0 Å². The molecule has 156 valence electrons. The third kappa shape index (κ3) is 6.20. The molecule has 5 heteroatoms. The number of ketones is 1. The molecule has 1 rings (SSSR count). The molecule has 28 heavy (non-hydrogen) atoms. The summed E-state index contributed by atoms with van der Waals surface area (Å²) in [6.07, 6.45) is -1.50. The van der Waals surface area contributed by atoms with E-state index in [0.29, 0.717) is 6.42 Å². The second-order valence-corrected chi connectivity index (χ2v) is 7.89. The second kappa shape index (κ2) is 10.4. The molecule has 0 amide bonds. The molecule has 0 aliphatic rings. The number of Topliss-reactive ketones (excluding diaryl/α,β-unsaturated/α-hetero) is 1. The van der Waals surface area contributed by atoms with Crippen LogP contribution in [0.2, 0.25) is 0 Å². The van der Waals surface area contributed by atoms with Crippen LogP contribution in [0, 0.1) is 11.3 Å². The van der Waals surface area contributed by atoms with E-state index in [1.807, 2.05) is 58.0 Å². The van der Waals surface area contributed by atoms with Crippen LogP contribution in [-0.2, 0) is 20.9 Å². The second-order valence-electron chi connectivity index (χ2n) is 7.89. The molecule has 3 atom stereocenters. The lowest BCUT2D eigenvalue weighted by molar-refractivity contribution is -0.137. The van der Waals surface area contributed by atoms with Crippen LogP contribution in [0.25, 0.3) is 0 Å². The fourth-order valence-corrected chi connectivity index (χ4v) is 3.19. The summed E-state index contributed by atoms with van der Waals surface area (Å²) in [6.45, 7) is 12.8. The molecule has 0 aromatic heterocycles. The van der Waals surface area contributed by atoms with Gasteiger partial charge in [0.25, 0.3) is 0 Å². The van der Waals surface area contributed by atoms with Crippen molar-refractivity contribution in [3.8, 4) is 0 Å². The molecule has 0 spiro atoms. The molecule has 0 heterocycles. The summed E-state index contributed by atoms with van der Waals surface area (Å²) in [5, 5.41) is 9.80. The molecule has 5 nitrogen and oxygen atoms in total. The van der Waals surface area contributed by atoms with Gasteiger partial charge in [0.05, 0.1) is 11.5 Å². The molecule has 0 saturated carbocycles. The smallest absolute Gasteiger partial charge is 0.430 e. The van der Waals surface area contributed by atoms with Crippen LogP contribution in [0.15, 0.2) is 41.5 Å². The highest BCUT2D eigenvalue weighted by Crippen LogP contribution is 2.33. The van der Waals surface area contributed by atoms with Crippen molar-refractivity contribution in [3.63, 3.8) is 0 Å². The minimum Gasteiger partial charge on any atom is -0.430 e. The van der Waals surface area contributed by atoms with Gasteiger partial charge in [-0.05, 0) is 52.2 Å². The molecule has 0 unspecified atom stereocenters. The Morgan fingerprint density at radius 2 is 1.64 bits per heavy atom. The minimum atomic E-state index is -0.889. The van der Waals surface area contributed by atoms with Crippen molar-refractivity contribution in [1.29, 1.82) is 0 Å². The lowest BCUT2D eigenvalue weighted by Crippen LogP contribution is -2.43. The number of hydrogen-bond donors (Lipinski definition) is 1. The summed E-state index contributed by atoms with van der Waals surface area (Å²) in [7, 11) is 0. The van der Waals surface area contributed by atoms with Crippen molar-refractivity contribution in [1.82, 2.24) is 0 Å². The van der Waals surface area contributed by atoms with Gasteiger partial charge in [-0.25, -0.2) is 4.79 Å². The first kappa shape index (κ1) is 23.9. The van der Waals surface area contributed by atoms with E-state index in [4.69, 9.17) is 9.47 Å². The number of ether oxygens (including phenoxy) is 2. The zero-order valence-corrected chi connectivity index (χ0v) is 18.1. The minimum absolute atomic E-state index is 0.0345. The standard InChI is InChI=1S/C23H34O5/c1-8-20(28-22(26)27-14-19-12-10-9-11-13-19)23(6,7)21(25)17(4)15(2)16(3)18(5)24/h9-13,17-18,20,24H,8,14H2,1-7H3/b16-15+/t17-,18+,20+/m1/s1. The van der Waals surface area contributed by atoms with Gasteiger partial charge < -0.3 is 14.6 Å². The third-order valence-electron chi connectivity index (χ3n) is 5.54. The molecule has 1 N–H and O–H groups in total. The monoisotopic (exact) mass is 390 g/mol. The first-order chi connectivity index (χ1) is 13.0. The van der Waals surface area contributed by atoms with E-state index >= 15 is 0 Å². The summed E-state index contributed by atoms with van der Waals surface area (Å²) < 4.78 is 10.7. The van der Waals surface area contributed by atoms with E-state index in [-0.39, 0.29) is 18.3 Å². The maximum atomic E-state index is 13.1. The molecule has 0 aliphatic heterocycles. The van der Waals surface area contributed by atoms with Crippen molar-refractivity contribution in [3.05, 3.63) is 47.0 Å². The lowest BCUT2D eigenvalue weighted by atomic mass is 9.74. The summed E-state index contributed by atoms with van der Waals surface area (Å²) in [5.41, 5.74) is 1.61. The number of aliphatic hydroxyl groups excluding tert-OH is 1. The molecule has 1 aromatic carbocycles. The average molecular weight is 391 g/mol. The van der Waals surface area contributed by atoms with Crippen LogP contribution < -0.4 is 0 Å². The summed E-state index contributed by atoms with van der Waals surface area (Å²) in [5.74, 6) is -0.421. The Kier molecular flexibility index (Phi) is 8.89. The van der Waals surface area contributed by atoms with Gasteiger partial charge in [0, 0.05) is 5.92 Å². The van der Waals surface area contributed by atoms with Crippen LogP contribution in [0.1, 0.15) is 60.5 Å². The van der Waals surface area contributed by atoms with Gasteiger partial charge in [0.15, 0.2) is 0 Å². The molecular formula is C23H34O5. The Bertz CT molecular complexity index is 688. The fourth-order valence-electron chi connectivity index (χ4n) is 3.19. The molecule has 0 saturated heterocycles. The first-order valence-corrected chi connectivity index (χ1v) is 9.79. The fraction of sp³-hybridized carbons (Fsp3) is 0.565. The van der Waals surface area contributed by atoms with Gasteiger partial charge in [-0.3, -0.25) is 4.79 Å². The number of allylic oxidation sites excluding steroid dienone is 1. The van der Waals surface area contributed by atoms with Crippen LogP contribution in [0.3, 0.4) is 0 Å². The van der Waals surface area contributed by atoms with Crippen molar-refractivity contribution >= 4 is 11.9 Å². The quantitative estimate of drug-likeness (QED) is 0.471. The highest BCUT2D eigenvalue weighted by Gasteiger charge is 2.41. The number of benzene rings is 1. The van der Waals surface area contributed by atoms with Gasteiger partial charge in [0.1, 0.15) is 18.5 Å². The molecular weight excluding hydrogens is 356 g/mol. The van der Waals surface area contributed by atoms with Crippen LogP contribution in [0.5, 0.6) is 0 Å². The lowest BCUT2D eigenvalue weighted by Gasteiger charge is -2.34. The molecule has 0 bridgehead atoms. The topological polar surface area (TPSA) is 72.8 Å². The predicted molar refractivity (Wildman–Crippen MR) is 110 cm³/mol. The Morgan fingerprint density at radius 1 is 1.07 bits per heavy atom. The largest absolute Gasteiger partial charge is 0.508 e. The van der Waals surface area contributed by atoms with Crippen molar-refractivity contribution < 1.29 is 24.2 Å². The van der Waals surface area contributed by atoms with E-state index in [1.54, 1.807) is 20.8 Å². The maximum absolute atomic E-state index is 13.1. The Hall–Kier alpha value is -2.14. The van der Waals surface area contributed by atoms with E-state index in [2.05, 4.69) is 0 Å². The van der Waals surface area contributed by atoms with Gasteiger partial charge in [-0.15, -0.1) is 0 Å². The first-order valence-electron chi connectivity index (χ1n) is 9.79. The van der Waals surface area contributed by atoms with Crippen LogP contribution in [0.4, 0.5) is 4.79 Å². The Balaban J connectivity index is 2.83. The van der Waals surface area contributed by atoms with Gasteiger partial charge in [0.2, 0.25) is 0 Å². The third-order valence-corrected chi connectivity index (χ3v) is 5.54. The van der Waals surface area contributed by atoms with Crippen molar-refractivity contribution in [2.45, 2.75) is 73.7 Å². The summed E-state index contributed by atoms with van der Waals surface area (Å²) in [4.78, 5) is 25.3. The van der Waals surface area contributed by atoms with Gasteiger partial charge in [-0.2, -0.15) is 0 Å². The van der Waals surface area contributed by atoms with Gasteiger partial charge >= 0.3 is 6.16 Å². The van der Waals surface area contributed by atoms with E-state index < -0.39 is 23.8 Å². The highest BCUT2D eigenvalue weighted by molar-refractivity contribution is 5.89. The van der Waals surface area contributed by atoms with Crippen LogP contribution >= 0.6 is 0 Å². The average Bonchev–Trinajstić information content (AvgIpc) is 2.68. The molecule has 1 aromatic rings. The number of carbonyl (C=O) groups excluding carboxylic acids is 2. The molecule has 0 aliphatic carbocycles. The van der Waals surface area contributed by atoms with E-state index in [9.17, 15) is 14.7 Å². The normalized spacial score (nSPS) is 15.9. The summed E-state index contributed by atoms with van der Waals surface area (Å²) in [6, 6.07) is 9.35. The zero-order valence-electron chi connectivity index (χ0n) is 18.1. The van der Waals surface area contributed by atoms with E-state index in [1.165, 1.54) is 0 Å². The van der Waals surface area contributed by atoms with E-state index in [0.717, 1.165) is 16.7 Å². The van der Waals surface area contributed by atoms with Gasteiger partial charge in [-0.1, -0.05) is 49.8 Å². The van der Waals surface area contributed by atoms with Crippen molar-refractivity contribution in [2.24, 2.45) is 11.3 Å². The highest BCUT2D eigenvalue weighted by atomic mass is 16.7. The Labute approximate surface area is 168 Å². The van der Waals surface area contributed by atoms with Crippen LogP contribution in [-0.4, -0.2) is 29.3 Å². The summed E-state index contributed by atoms with van der Waals surface area (Å²) >= 11 is 0. The number of hydrogen-bond acceptors (Lipinski definition) is 5. The maximum Gasteiger partial charge on any atom is 0.508 e. The predicted octanol–water partition coefficient (Wildman–Crippen LogP) is 5.07. The number of carbonyl (C=O) groups is 2. The SMILES string of the molecule is CC[C@H](OC(=O)OCc1ccccc1)C(C)(C)C(=O)[C@H](C)/C(C)=C(\C)[C@H](C)O. The zero-order chi connectivity index (χ0) is 21.5.